The monoisotopic (exact) mass is 210 g/mol. The van der Waals surface area contributed by atoms with Crippen LogP contribution in [0.3, 0.4) is 0 Å². The number of benzene rings is 1. The molecule has 1 N–H and O–H groups in total. The molecule has 0 unspecified atom stereocenters. The number of hydrogen-bond acceptors (Lipinski definition) is 3. The molecule has 2 aromatic rings. The Kier molecular flexibility index (Phi) is 1.97. The van der Waals surface area contributed by atoms with E-state index in [2.05, 4.69) is 0 Å². The molecule has 0 aliphatic heterocycles. The zero-order valence-corrected chi connectivity index (χ0v) is 8.13. The van der Waals surface area contributed by atoms with Gasteiger partial charge < -0.3 is 9.52 Å². The van der Waals surface area contributed by atoms with Crippen LogP contribution in [0.5, 0.6) is 5.75 Å². The molecule has 0 aliphatic carbocycles. The normalized spacial score (nSPS) is 10.7. The summed E-state index contributed by atoms with van der Waals surface area (Å²) < 4.78 is 5.05. The summed E-state index contributed by atoms with van der Waals surface area (Å²) in [6, 6.07) is 3.16. The first-order valence-electron chi connectivity index (χ1n) is 4.00. The molecule has 0 saturated heterocycles. The molecule has 2 rings (SSSR count). The van der Waals surface area contributed by atoms with Gasteiger partial charge >= 0.3 is 0 Å². The van der Waals surface area contributed by atoms with Gasteiger partial charge in [0.05, 0.1) is 5.39 Å². The molecular weight excluding hydrogens is 204 g/mol. The topological polar surface area (TPSA) is 50.4 Å². The average Bonchev–Trinajstić information content (AvgIpc) is 2.15. The van der Waals surface area contributed by atoms with E-state index < -0.39 is 11.2 Å². The molecule has 0 saturated carbocycles. The van der Waals surface area contributed by atoms with Crippen molar-refractivity contribution in [3.8, 4) is 5.75 Å². The summed E-state index contributed by atoms with van der Waals surface area (Å²) in [6.07, 6.45) is 1.03. The quantitative estimate of drug-likeness (QED) is 0.727. The predicted octanol–water partition coefficient (Wildman–Crippen LogP) is 2.46. The molecule has 0 bridgehead atoms. The lowest BCUT2D eigenvalue weighted by molar-refractivity contribution is 0.442. The third-order valence-corrected chi connectivity index (χ3v) is 2.44. The van der Waals surface area contributed by atoms with Gasteiger partial charge in [0.25, 0.3) is 0 Å². The van der Waals surface area contributed by atoms with Crippen LogP contribution in [0.25, 0.3) is 11.0 Å². The van der Waals surface area contributed by atoms with Gasteiger partial charge in [-0.25, -0.2) is 0 Å². The lowest BCUT2D eigenvalue weighted by Crippen LogP contribution is -2.00. The predicted molar refractivity (Wildman–Crippen MR) is 53.9 cm³/mol. The number of aromatic hydroxyl groups is 1. The van der Waals surface area contributed by atoms with Crippen LogP contribution >= 0.6 is 11.6 Å². The lowest BCUT2D eigenvalue weighted by Gasteiger charge is -2.00. The SMILES string of the molecule is Cc1cc2occ(O)c(=O)c2cc1Cl. The highest BCUT2D eigenvalue weighted by Gasteiger charge is 2.07. The summed E-state index contributed by atoms with van der Waals surface area (Å²) in [7, 11) is 0. The van der Waals surface area contributed by atoms with E-state index in [-0.39, 0.29) is 0 Å². The second kappa shape index (κ2) is 3.03. The molecule has 0 fully saturated rings. The fraction of sp³-hybridized carbons (Fsp3) is 0.100. The number of rotatable bonds is 0. The van der Waals surface area contributed by atoms with Crippen molar-refractivity contribution in [2.24, 2.45) is 0 Å². The van der Waals surface area contributed by atoms with Crippen molar-refractivity contribution < 1.29 is 9.52 Å². The van der Waals surface area contributed by atoms with E-state index in [0.29, 0.717) is 16.0 Å². The van der Waals surface area contributed by atoms with Gasteiger partial charge in [-0.2, -0.15) is 0 Å². The minimum atomic E-state index is -0.465. The summed E-state index contributed by atoms with van der Waals surface area (Å²) in [6.45, 7) is 1.81. The van der Waals surface area contributed by atoms with E-state index in [0.717, 1.165) is 11.8 Å². The molecule has 0 atom stereocenters. The van der Waals surface area contributed by atoms with Gasteiger partial charge in [-0.05, 0) is 24.6 Å². The van der Waals surface area contributed by atoms with Crippen LogP contribution in [0.4, 0.5) is 0 Å². The minimum absolute atomic E-state index is 0.292. The van der Waals surface area contributed by atoms with Crippen LogP contribution in [0.1, 0.15) is 5.56 Å². The zero-order valence-electron chi connectivity index (χ0n) is 7.37. The van der Waals surface area contributed by atoms with Crippen LogP contribution in [-0.4, -0.2) is 5.11 Å². The molecule has 0 amide bonds. The van der Waals surface area contributed by atoms with Gasteiger partial charge in [-0.15, -0.1) is 0 Å². The maximum Gasteiger partial charge on any atom is 0.234 e. The van der Waals surface area contributed by atoms with Crippen molar-refractivity contribution >= 4 is 22.6 Å². The molecule has 3 nitrogen and oxygen atoms in total. The summed E-state index contributed by atoms with van der Waals surface area (Å²) in [4.78, 5) is 11.4. The van der Waals surface area contributed by atoms with E-state index in [1.165, 1.54) is 6.07 Å². The summed E-state index contributed by atoms with van der Waals surface area (Å²) in [5, 5.41) is 9.90. The summed E-state index contributed by atoms with van der Waals surface area (Å²) in [5.41, 5.74) is 0.788. The van der Waals surface area contributed by atoms with E-state index in [9.17, 15) is 4.79 Å². The second-order valence-electron chi connectivity index (χ2n) is 3.05. The van der Waals surface area contributed by atoms with E-state index in [1.54, 1.807) is 6.07 Å². The average molecular weight is 211 g/mol. The Bertz CT molecular complexity index is 557. The van der Waals surface area contributed by atoms with E-state index >= 15 is 0 Å². The highest BCUT2D eigenvalue weighted by molar-refractivity contribution is 6.32. The standard InChI is InChI=1S/C10H7ClO3/c1-5-2-9-6(3-7(5)11)10(13)8(12)4-14-9/h2-4,12H,1H3. The van der Waals surface area contributed by atoms with Gasteiger partial charge in [-0.3, -0.25) is 4.79 Å². The lowest BCUT2D eigenvalue weighted by atomic mass is 10.1. The van der Waals surface area contributed by atoms with Crippen LogP contribution in [0.15, 0.2) is 27.6 Å². The van der Waals surface area contributed by atoms with Crippen molar-refractivity contribution in [2.45, 2.75) is 6.92 Å². The molecule has 72 valence electrons. The molecule has 0 radical (unpaired) electrons. The Morgan fingerprint density at radius 3 is 2.86 bits per heavy atom. The van der Waals surface area contributed by atoms with E-state index in [4.69, 9.17) is 21.1 Å². The minimum Gasteiger partial charge on any atom is -0.502 e. The first-order valence-corrected chi connectivity index (χ1v) is 4.38. The first kappa shape index (κ1) is 9.09. The Hall–Kier alpha value is -1.48. The first-order chi connectivity index (χ1) is 6.59. The highest BCUT2D eigenvalue weighted by atomic mass is 35.5. The molecule has 1 aromatic heterocycles. The van der Waals surface area contributed by atoms with Gasteiger partial charge in [0.2, 0.25) is 5.43 Å². The number of hydrogen-bond donors (Lipinski definition) is 1. The molecule has 1 aromatic carbocycles. The fourth-order valence-electron chi connectivity index (χ4n) is 1.24. The molecule has 0 aliphatic rings. The van der Waals surface area contributed by atoms with Gasteiger partial charge in [0, 0.05) is 5.02 Å². The number of fused-ring (bicyclic) bond motifs is 1. The highest BCUT2D eigenvalue weighted by Crippen LogP contribution is 2.22. The van der Waals surface area contributed by atoms with Gasteiger partial charge in [0.15, 0.2) is 5.75 Å². The van der Waals surface area contributed by atoms with Crippen LogP contribution < -0.4 is 5.43 Å². The molecule has 4 heteroatoms. The van der Waals surface area contributed by atoms with E-state index in [1.807, 2.05) is 6.92 Å². The van der Waals surface area contributed by atoms with Crippen LogP contribution in [0, 0.1) is 6.92 Å². The maximum atomic E-state index is 11.4. The zero-order chi connectivity index (χ0) is 10.3. The Morgan fingerprint density at radius 2 is 2.14 bits per heavy atom. The van der Waals surface area contributed by atoms with Gasteiger partial charge in [0.1, 0.15) is 11.8 Å². The Balaban J connectivity index is 2.97. The maximum absolute atomic E-state index is 11.4. The van der Waals surface area contributed by atoms with Crippen molar-refractivity contribution in [2.75, 3.05) is 0 Å². The van der Waals surface area contributed by atoms with Crippen molar-refractivity contribution in [3.05, 3.63) is 39.2 Å². The second-order valence-corrected chi connectivity index (χ2v) is 3.45. The Labute approximate surface area is 84.5 Å². The third kappa shape index (κ3) is 1.26. The van der Waals surface area contributed by atoms with Crippen LogP contribution in [0.2, 0.25) is 5.02 Å². The molecule has 0 spiro atoms. The number of aryl methyl sites for hydroxylation is 1. The number of halogens is 1. The van der Waals surface area contributed by atoms with Gasteiger partial charge in [-0.1, -0.05) is 11.6 Å². The molecular formula is C10H7ClO3. The molecule has 14 heavy (non-hydrogen) atoms. The summed E-state index contributed by atoms with van der Waals surface area (Å²) >= 11 is 5.85. The van der Waals surface area contributed by atoms with Crippen molar-refractivity contribution in [1.29, 1.82) is 0 Å². The van der Waals surface area contributed by atoms with Crippen molar-refractivity contribution in [1.82, 2.24) is 0 Å². The van der Waals surface area contributed by atoms with Crippen molar-refractivity contribution in [3.63, 3.8) is 0 Å². The Morgan fingerprint density at radius 1 is 1.43 bits per heavy atom. The fourth-order valence-corrected chi connectivity index (χ4v) is 1.40. The molecule has 1 heterocycles. The third-order valence-electron chi connectivity index (χ3n) is 2.04. The smallest absolute Gasteiger partial charge is 0.234 e. The van der Waals surface area contributed by atoms with Crippen LogP contribution in [-0.2, 0) is 0 Å². The largest absolute Gasteiger partial charge is 0.502 e. The summed E-state index contributed by atoms with van der Waals surface area (Å²) in [5.74, 6) is -0.405.